The number of aromatic amines is 4. The van der Waals surface area contributed by atoms with E-state index in [2.05, 4.69) is 125 Å². The highest BCUT2D eigenvalue weighted by molar-refractivity contribution is 7.73. The first-order chi connectivity index (χ1) is 54.6. The van der Waals surface area contributed by atoms with E-state index in [1.165, 1.54) is 70.2 Å². The van der Waals surface area contributed by atoms with E-state index in [1.54, 1.807) is 6.92 Å². The Bertz CT molecular complexity index is 5180. The van der Waals surface area contributed by atoms with Gasteiger partial charge in [-0.15, -0.1) is 65.9 Å². The molecule has 10 heterocycles. The highest BCUT2D eigenvalue weighted by atomic mass is 31.2. The van der Waals surface area contributed by atoms with Gasteiger partial charge in [0, 0.05) is 0 Å². The van der Waals surface area contributed by atoms with Crippen molar-refractivity contribution in [2.75, 3.05) is 97.5 Å². The van der Waals surface area contributed by atoms with Crippen molar-refractivity contribution in [2.45, 2.75) is 214 Å². The van der Waals surface area contributed by atoms with Crippen molar-refractivity contribution in [1.29, 1.82) is 0 Å². The number of nitrogens with one attached hydrogen (secondary N) is 4. The zero-order valence-corrected chi connectivity index (χ0v) is 74.8. The Hall–Kier alpha value is -6.31. The number of hydrogen-bond acceptors (Lipinski definition) is 25. The summed E-state index contributed by atoms with van der Waals surface area (Å²) in [6.07, 6.45) is 17.8. The van der Waals surface area contributed by atoms with Crippen LogP contribution in [0, 0.1) is 0 Å². The van der Waals surface area contributed by atoms with Crippen LogP contribution in [-0.2, 0) is 57.4 Å². The number of hydrogen-bond donors (Lipinski definition) is 14. The van der Waals surface area contributed by atoms with Gasteiger partial charge in [-0.2, -0.15) is 51.9 Å². The van der Waals surface area contributed by atoms with Crippen LogP contribution >= 0.6 is 34.4 Å². The number of aliphatic hydroxyl groups excluding tert-OH is 10. The van der Waals surface area contributed by atoms with Crippen molar-refractivity contribution in [3.8, 4) is 0 Å². The molecule has 10 rings (SSSR count). The molecule has 5 unspecified atom stereocenters. The molecule has 5 aliphatic heterocycles. The van der Waals surface area contributed by atoms with Gasteiger partial charge in [-0.1, -0.05) is 26.8 Å². The fourth-order valence-corrected chi connectivity index (χ4v) is 18.0. The first kappa shape index (κ1) is 100. The molecule has 20 atom stereocenters. The van der Waals surface area contributed by atoms with Gasteiger partial charge in [0.1, 0.15) is 61.0 Å². The summed E-state index contributed by atoms with van der Waals surface area (Å²) in [7, 11) is 2.86. The molecule has 0 radical (unpaired) electrons. The zero-order valence-electron chi connectivity index (χ0n) is 70.3. The number of aryl methyl sites for hydroxylation is 4. The smallest absolute Gasteiger partial charge is 0.387 e. The van der Waals surface area contributed by atoms with Crippen LogP contribution in [0.5, 0.6) is 0 Å². The Morgan fingerprint density at radius 2 is 0.703 bits per heavy atom. The van der Waals surface area contributed by atoms with E-state index in [-0.39, 0.29) is 0 Å². The van der Waals surface area contributed by atoms with E-state index in [0.29, 0.717) is 58.2 Å². The van der Waals surface area contributed by atoms with Crippen LogP contribution in [0.2, 0.25) is 0 Å². The van der Waals surface area contributed by atoms with Crippen molar-refractivity contribution in [2.24, 2.45) is 14.1 Å². The second-order valence-corrected chi connectivity index (χ2v) is 55.5. The van der Waals surface area contributed by atoms with Crippen LogP contribution in [0.3, 0.4) is 0 Å². The number of aromatic nitrogens is 15. The lowest BCUT2D eigenvalue weighted by Crippen LogP contribution is -2.61. The number of aliphatic hydroxyl groups is 10. The molecule has 0 saturated carbocycles. The summed E-state index contributed by atoms with van der Waals surface area (Å²) < 4.78 is 41.4. The van der Waals surface area contributed by atoms with E-state index < -0.39 is 214 Å². The molecule has 0 amide bonds. The van der Waals surface area contributed by atoms with Gasteiger partial charge in [0.05, 0.1) is 70.4 Å². The number of rotatable bonds is 27. The van der Waals surface area contributed by atoms with Crippen LogP contribution in [0.1, 0.15) is 103 Å². The monoisotopic (exact) mass is 1770 g/mol. The molecule has 666 valence electrons. The van der Waals surface area contributed by atoms with Crippen molar-refractivity contribution in [1.82, 2.24) is 47.3 Å². The van der Waals surface area contributed by atoms with Gasteiger partial charge < -0.3 is 74.7 Å². The molecule has 45 heteroatoms. The Kier molecular flexibility index (Phi) is 35.9. The molecule has 40 nitrogen and oxygen atoms in total. The summed E-state index contributed by atoms with van der Waals surface area (Å²) >= 11 is 0. The zero-order chi connectivity index (χ0) is 89.1. The predicted molar refractivity (Wildman–Crippen MR) is 457 cm³/mol. The Morgan fingerprint density at radius 3 is 1.03 bits per heavy atom. The highest BCUT2D eigenvalue weighted by Gasteiger charge is 2.51. The maximum atomic E-state index is 12.2. The second kappa shape index (κ2) is 42.2. The quantitative estimate of drug-likeness (QED) is 0.0172. The third kappa shape index (κ3) is 27.1. The van der Waals surface area contributed by atoms with E-state index in [9.17, 15) is 99.0 Å². The van der Waals surface area contributed by atoms with Crippen LogP contribution < -0.4 is 79.7 Å². The van der Waals surface area contributed by atoms with Gasteiger partial charge in [0.2, 0.25) is 62.8 Å². The molecule has 5 fully saturated rings. The molecule has 14 N–H and O–H groups in total. The molecule has 0 bridgehead atoms. The molecule has 0 aliphatic carbocycles. The summed E-state index contributed by atoms with van der Waals surface area (Å²) in [6, 6.07) is 0. The first-order valence-electron chi connectivity index (χ1n) is 38.8. The average molecular weight is 1770 g/mol. The molecule has 5 aromatic heterocycles. The minimum atomic E-state index is -1.29. The summed E-state index contributed by atoms with van der Waals surface area (Å²) in [5.74, 6) is 0. The molecule has 118 heavy (non-hydrogen) atoms. The molecular weight excluding hydrogens is 1640 g/mol. The lowest BCUT2D eigenvalue weighted by Gasteiger charge is -2.18. The van der Waals surface area contributed by atoms with Crippen LogP contribution in [-0.4, -0.2) is 319 Å². The van der Waals surface area contributed by atoms with Crippen LogP contribution in [0.15, 0.2) is 86.2 Å². The van der Waals surface area contributed by atoms with Gasteiger partial charge in [-0.3, -0.25) is 0 Å². The second-order valence-electron chi connectivity index (χ2n) is 33.9. The van der Waals surface area contributed by atoms with E-state index in [0.717, 1.165) is 75.6 Å². The van der Waals surface area contributed by atoms with Gasteiger partial charge in [0.25, 0.3) is 0 Å². The Labute approximate surface area is 683 Å². The van der Waals surface area contributed by atoms with Gasteiger partial charge in [0.15, 0.2) is 0 Å². The van der Waals surface area contributed by atoms with Crippen molar-refractivity contribution >= 4 is 72.1 Å². The Balaban J connectivity index is 0.000000229. The topological polar surface area (TPSA) is 531 Å². The fourth-order valence-electron chi connectivity index (χ4n) is 13.2. The number of unbranched alkanes of at least 4 members (excludes halogenated alkanes) is 1. The van der Waals surface area contributed by atoms with Crippen molar-refractivity contribution in [3.63, 3.8) is 0 Å². The maximum absolute atomic E-state index is 12.2. The minimum absolute atomic E-state index is 0.366. The summed E-state index contributed by atoms with van der Waals surface area (Å²) in [4.78, 5) is 128. The van der Waals surface area contributed by atoms with Gasteiger partial charge in [-0.05, 0) is 149 Å². The van der Waals surface area contributed by atoms with Crippen LogP contribution in [0.25, 0.3) is 6.20 Å². The number of H-pyrrole nitrogens is 4. The van der Waals surface area contributed by atoms with E-state index >= 15 is 0 Å². The number of ether oxygens (including phenoxy) is 5. The third-order valence-electron chi connectivity index (χ3n) is 20.2. The SMILES string of the molecule is C=Cn1c[n+](C2O[C@H](CCP(=C)(C)C)[C@@H](O)[C@H]2O)c(=O)[nH]c1=O.C=P(C)(C)CC[C@H]1OC(n2c[n+](C)c(=O)n(C)c2=O)[C@H](O)[C@@H]1O.C=P(C)(C)CC[C@H]1OC(n2c[n+](CC)c(=O)[nH]c2=O)[C@H](O)[C@@H]1O.C=P(C)(C)CC[C@H]1OC(n2c[n+](CCC)c(=O)[nH]c2=O)[C@H](O)[C@@H]1O.C=P(C)(C)CC[C@H]1OC(n2c[n+](CCCC)c(=O)[nH]c2=O)[C@H](O)[C@@H]1O. The average Bonchev–Trinajstić information content (AvgIpc) is 1.60. The third-order valence-corrected chi connectivity index (χ3v) is 27.5. The molecule has 0 aromatic carbocycles. The largest absolute Gasteiger partial charge is 0.450 e. The normalized spacial score (nSPS) is 27.8. The highest BCUT2D eigenvalue weighted by Crippen LogP contribution is 2.44. The van der Waals surface area contributed by atoms with Crippen molar-refractivity contribution < 1.29 is 97.6 Å². The molecule has 0 spiro atoms. The lowest BCUT2D eigenvalue weighted by atomic mass is 10.1. The maximum Gasteiger partial charge on any atom is 0.450 e. The summed E-state index contributed by atoms with van der Waals surface area (Å²) in [6.45, 7) is 24.8. The summed E-state index contributed by atoms with van der Waals surface area (Å²) in [5, 5.41) is 102. The first-order valence-corrected chi connectivity index (χ1v) is 54.1. The van der Waals surface area contributed by atoms with Crippen LogP contribution in [0.4, 0.5) is 0 Å². The molecule has 5 saturated heterocycles. The predicted octanol–water partition coefficient (Wildman–Crippen LogP) is -6.41. The molecule has 5 aromatic rings. The fraction of sp³-hybridized carbons (Fsp3) is 0.699. The molecule has 5 aliphatic rings. The minimum Gasteiger partial charge on any atom is -0.387 e. The standard InChI is InChI=1S/C16H28N3O5P.C15H26N3O5P.C14H25N3O5P.C14H24N3O5P.C14H22N3O5P/c1-5-6-8-18-10-19(16(23)17-15(18)22)14-13(21)12(20)11(24-14)7-9-25(2,3)4;1-5-7-17-9-18(15(22)16-14(17)21)13-12(20)11(19)10(23-13)6-8-24(2,3)4;1-15-8-17(14(21)16(2)13(15)20)12-11(19)10(18)9(22-12)6-7-23(3,4)5;2*1-5-16-8-17(14(21)15-13(16)20)12-11(19)10(18)9(22-12)6-7-23(2,3)4/h10-14,20-21H,2,5-9H2,1,3-4H3;9-13,19-20H,2,5-8H2,1,3-4H3;8-12,18-19H,3,6-7H2,1-2,4-5H3;8-12,18-19H,2,5-7H2,1,3-4H3;5,8-12,18-19H,1-2,6-7H2,3-4H3/q;;+1;;/p+4/t11-,12-,13-,14?;10-,11-,12-,13?;3*9-,10-,11-,12?/m11111/s1. The van der Waals surface area contributed by atoms with Gasteiger partial charge >= 0.3 is 56.9 Å². The Morgan fingerprint density at radius 1 is 0.398 bits per heavy atom. The van der Waals surface area contributed by atoms with E-state index in [1.807, 2.05) is 13.8 Å². The lowest BCUT2D eigenvalue weighted by molar-refractivity contribution is -0.783. The summed E-state index contributed by atoms with van der Waals surface area (Å²) in [5.41, 5.74) is -5.99. The van der Waals surface area contributed by atoms with Gasteiger partial charge in [-0.25, -0.2) is 66.2 Å². The van der Waals surface area contributed by atoms with E-state index in [4.69, 9.17) is 23.7 Å². The molecular formula is C73H129N15O25P5+5. The number of nitrogens with zero attached hydrogens (tertiary/aromatic N) is 11. The van der Waals surface area contributed by atoms with Crippen molar-refractivity contribution in [3.05, 3.63) is 143 Å².